The van der Waals surface area contributed by atoms with E-state index in [2.05, 4.69) is 34.2 Å². The summed E-state index contributed by atoms with van der Waals surface area (Å²) in [5.41, 5.74) is 3.24. The van der Waals surface area contributed by atoms with Crippen LogP contribution in [0, 0.1) is 0 Å². The highest BCUT2D eigenvalue weighted by Gasteiger charge is 2.29. The molecule has 0 N–H and O–H groups in total. The monoisotopic (exact) mass is 256 g/mol. The van der Waals surface area contributed by atoms with Crippen LogP contribution in [0.25, 0.3) is 0 Å². The largest absolute Gasteiger partial charge is 0.256 e. The van der Waals surface area contributed by atoms with Gasteiger partial charge in [0.05, 0.1) is 10.9 Å². The average molecular weight is 256 g/mol. The first-order chi connectivity index (χ1) is 8.95. The zero-order valence-corrected chi connectivity index (χ0v) is 11.3. The third-order valence-electron chi connectivity index (χ3n) is 3.48. The Balaban J connectivity index is 1.98. The summed E-state index contributed by atoms with van der Waals surface area (Å²) in [4.78, 5) is 9.18. The van der Waals surface area contributed by atoms with Crippen LogP contribution in [0.2, 0.25) is 0 Å². The molecule has 1 aliphatic rings. The lowest BCUT2D eigenvalue weighted by atomic mass is 10.4. The van der Waals surface area contributed by atoms with E-state index in [9.17, 15) is 0 Å². The maximum atomic E-state index is 4.59. The summed E-state index contributed by atoms with van der Waals surface area (Å²) in [6, 6.07) is 12.5. The fourth-order valence-corrected chi connectivity index (χ4v) is 5.39. The van der Waals surface area contributed by atoms with Crippen molar-refractivity contribution in [2.45, 2.75) is 31.3 Å². The maximum absolute atomic E-state index is 4.59. The molecule has 1 aliphatic carbocycles. The van der Waals surface area contributed by atoms with Gasteiger partial charge < -0.3 is 0 Å². The topological polar surface area (TPSA) is 25.8 Å². The third-order valence-corrected chi connectivity index (χ3v) is 6.25. The molecule has 2 aromatic heterocycles. The van der Waals surface area contributed by atoms with Gasteiger partial charge in [-0.3, -0.25) is 9.97 Å². The van der Waals surface area contributed by atoms with Crippen molar-refractivity contribution in [3.05, 3.63) is 48.8 Å². The van der Waals surface area contributed by atoms with Crippen LogP contribution in [-0.2, 0) is 0 Å². The number of nitrogens with zero attached hydrogens (tertiary/aromatic N) is 2. The highest BCUT2D eigenvalue weighted by atomic mass is 31.1. The van der Waals surface area contributed by atoms with Crippen molar-refractivity contribution in [1.29, 1.82) is 0 Å². The summed E-state index contributed by atoms with van der Waals surface area (Å²) >= 11 is 0. The van der Waals surface area contributed by atoms with E-state index in [0.717, 1.165) is 5.66 Å². The Kier molecular flexibility index (Phi) is 3.66. The van der Waals surface area contributed by atoms with E-state index in [-0.39, 0.29) is 7.92 Å². The Morgan fingerprint density at radius 2 is 1.39 bits per heavy atom. The molecule has 0 amide bonds. The summed E-state index contributed by atoms with van der Waals surface area (Å²) < 4.78 is 0. The predicted octanol–water partition coefficient (Wildman–Crippen LogP) is 2.85. The predicted molar refractivity (Wildman–Crippen MR) is 76.9 cm³/mol. The Labute approximate surface area is 109 Å². The molecule has 3 rings (SSSR count). The molecule has 2 aromatic rings. The molecule has 18 heavy (non-hydrogen) atoms. The molecule has 1 saturated carbocycles. The smallest absolute Gasteiger partial charge is 0.0694 e. The molecule has 0 saturated heterocycles. The van der Waals surface area contributed by atoms with Crippen molar-refractivity contribution in [2.24, 2.45) is 0 Å². The molecule has 0 radical (unpaired) electrons. The number of aromatic nitrogens is 2. The molecule has 2 heterocycles. The minimum absolute atomic E-state index is 0.374. The van der Waals surface area contributed by atoms with Gasteiger partial charge >= 0.3 is 0 Å². The van der Waals surface area contributed by atoms with Crippen LogP contribution >= 0.6 is 7.92 Å². The van der Waals surface area contributed by atoms with E-state index in [1.54, 1.807) is 0 Å². The van der Waals surface area contributed by atoms with Gasteiger partial charge in [0.15, 0.2) is 0 Å². The highest BCUT2D eigenvalue weighted by Crippen LogP contribution is 2.46. The zero-order valence-electron chi connectivity index (χ0n) is 10.4. The molecule has 92 valence electrons. The first kappa shape index (κ1) is 11.8. The van der Waals surface area contributed by atoms with Gasteiger partial charge in [-0.2, -0.15) is 0 Å². The van der Waals surface area contributed by atoms with E-state index in [1.807, 2.05) is 24.5 Å². The van der Waals surface area contributed by atoms with Crippen LogP contribution in [-0.4, -0.2) is 15.6 Å². The average Bonchev–Trinajstić information content (AvgIpc) is 2.95. The molecule has 1 fully saturated rings. The van der Waals surface area contributed by atoms with Gasteiger partial charge in [-0.15, -0.1) is 0 Å². The molecular formula is C15H17N2P. The minimum atomic E-state index is -0.374. The van der Waals surface area contributed by atoms with E-state index in [0.29, 0.717) is 0 Å². The third kappa shape index (κ3) is 2.44. The second-order valence-electron chi connectivity index (χ2n) is 4.68. The highest BCUT2D eigenvalue weighted by molar-refractivity contribution is 7.73. The van der Waals surface area contributed by atoms with Gasteiger partial charge in [-0.1, -0.05) is 25.0 Å². The minimum Gasteiger partial charge on any atom is -0.256 e. The molecular weight excluding hydrogens is 239 g/mol. The van der Waals surface area contributed by atoms with Crippen molar-refractivity contribution in [3.63, 3.8) is 0 Å². The SMILES string of the molecule is c1ccc(P(c2ccccn2)C2CCCC2)nc1. The lowest BCUT2D eigenvalue weighted by Crippen LogP contribution is -2.23. The second-order valence-corrected chi connectivity index (χ2v) is 7.07. The Hall–Kier alpha value is -1.27. The van der Waals surface area contributed by atoms with Gasteiger partial charge in [0.2, 0.25) is 0 Å². The lowest BCUT2D eigenvalue weighted by Gasteiger charge is -2.22. The van der Waals surface area contributed by atoms with Crippen LogP contribution in [0.5, 0.6) is 0 Å². The van der Waals surface area contributed by atoms with Crippen LogP contribution in [0.1, 0.15) is 25.7 Å². The van der Waals surface area contributed by atoms with Crippen molar-refractivity contribution >= 4 is 18.8 Å². The summed E-state index contributed by atoms with van der Waals surface area (Å²) in [5, 5.41) is 0. The first-order valence-corrected chi connectivity index (χ1v) is 7.97. The summed E-state index contributed by atoms with van der Waals surface area (Å²) in [6.07, 6.45) is 9.20. The van der Waals surface area contributed by atoms with Crippen molar-refractivity contribution in [2.75, 3.05) is 0 Å². The van der Waals surface area contributed by atoms with Gasteiger partial charge in [0.25, 0.3) is 0 Å². The molecule has 3 heteroatoms. The second kappa shape index (κ2) is 5.58. The maximum Gasteiger partial charge on any atom is 0.0694 e. The molecule has 0 unspecified atom stereocenters. The summed E-state index contributed by atoms with van der Waals surface area (Å²) in [5.74, 6) is 0. The van der Waals surface area contributed by atoms with Crippen LogP contribution in [0.4, 0.5) is 0 Å². The summed E-state index contributed by atoms with van der Waals surface area (Å²) in [6.45, 7) is 0. The molecule has 2 nitrogen and oxygen atoms in total. The van der Waals surface area contributed by atoms with Crippen LogP contribution < -0.4 is 10.9 Å². The van der Waals surface area contributed by atoms with E-state index < -0.39 is 0 Å². The Morgan fingerprint density at radius 3 is 1.83 bits per heavy atom. The fourth-order valence-electron chi connectivity index (χ4n) is 2.65. The van der Waals surface area contributed by atoms with E-state index >= 15 is 0 Å². The summed E-state index contributed by atoms with van der Waals surface area (Å²) in [7, 11) is -0.374. The molecule has 0 spiro atoms. The molecule has 0 aromatic carbocycles. The zero-order chi connectivity index (χ0) is 12.2. The number of hydrogen-bond acceptors (Lipinski definition) is 2. The molecule has 0 aliphatic heterocycles. The lowest BCUT2D eigenvalue weighted by molar-refractivity contribution is 0.886. The van der Waals surface area contributed by atoms with E-state index in [4.69, 9.17) is 0 Å². The normalized spacial score (nSPS) is 16.3. The van der Waals surface area contributed by atoms with Crippen molar-refractivity contribution in [3.8, 4) is 0 Å². The molecule has 0 bridgehead atoms. The van der Waals surface area contributed by atoms with Crippen LogP contribution in [0.3, 0.4) is 0 Å². The standard InChI is InChI=1S/C15H17N2P/c1-2-8-13(7-1)18(14-9-3-5-11-16-14)15-10-4-6-12-17-15/h3-6,9-13H,1-2,7-8H2. The Bertz CT molecular complexity index is 441. The van der Waals surface area contributed by atoms with Gasteiger partial charge in [0.1, 0.15) is 0 Å². The quantitative estimate of drug-likeness (QED) is 0.789. The fraction of sp³-hybridized carbons (Fsp3) is 0.333. The van der Waals surface area contributed by atoms with Gasteiger partial charge in [-0.25, -0.2) is 0 Å². The van der Waals surface area contributed by atoms with Crippen molar-refractivity contribution in [1.82, 2.24) is 9.97 Å². The number of rotatable bonds is 3. The first-order valence-electron chi connectivity index (χ1n) is 6.56. The molecule has 0 atom stereocenters. The number of hydrogen-bond donors (Lipinski definition) is 0. The van der Waals surface area contributed by atoms with Crippen LogP contribution in [0.15, 0.2) is 48.8 Å². The number of pyridine rings is 2. The van der Waals surface area contributed by atoms with Gasteiger partial charge in [-0.05, 0) is 50.7 Å². The Morgan fingerprint density at radius 1 is 0.833 bits per heavy atom. The van der Waals surface area contributed by atoms with Gasteiger partial charge in [0, 0.05) is 12.4 Å². The van der Waals surface area contributed by atoms with Crippen molar-refractivity contribution < 1.29 is 0 Å². The van der Waals surface area contributed by atoms with E-state index in [1.165, 1.54) is 36.6 Å².